The third-order valence-corrected chi connectivity index (χ3v) is 6.22. The number of hydrogen-bond donors (Lipinski definition) is 1. The smallest absolute Gasteiger partial charge is 0.256 e. The predicted octanol–water partition coefficient (Wildman–Crippen LogP) is 3.33. The lowest BCUT2D eigenvalue weighted by Crippen LogP contribution is -2.57. The molecule has 1 aliphatic heterocycles. The molecule has 2 fully saturated rings. The number of benzene rings is 1. The first-order valence-corrected chi connectivity index (χ1v) is 10.2. The van der Waals surface area contributed by atoms with Gasteiger partial charge in [-0.25, -0.2) is 9.37 Å². The van der Waals surface area contributed by atoms with Gasteiger partial charge < -0.3 is 9.72 Å². The van der Waals surface area contributed by atoms with E-state index in [9.17, 15) is 9.18 Å². The van der Waals surface area contributed by atoms with E-state index in [0.29, 0.717) is 28.8 Å². The number of aromatic nitrogens is 2. The number of rotatable bonds is 4. The Morgan fingerprint density at radius 3 is 2.83 bits per heavy atom. The van der Waals surface area contributed by atoms with Gasteiger partial charge >= 0.3 is 0 Å². The van der Waals surface area contributed by atoms with E-state index in [4.69, 9.17) is 10.00 Å². The van der Waals surface area contributed by atoms with Gasteiger partial charge in [0.25, 0.3) is 5.56 Å². The Morgan fingerprint density at radius 1 is 1.20 bits per heavy atom. The van der Waals surface area contributed by atoms with Crippen molar-refractivity contribution in [3.63, 3.8) is 0 Å². The van der Waals surface area contributed by atoms with E-state index in [-0.39, 0.29) is 11.7 Å². The van der Waals surface area contributed by atoms with Crippen LogP contribution in [0.25, 0.3) is 10.8 Å². The van der Waals surface area contributed by atoms with Crippen LogP contribution >= 0.6 is 0 Å². The highest BCUT2D eigenvalue weighted by molar-refractivity contribution is 5.81. The maximum Gasteiger partial charge on any atom is 0.256 e. The van der Waals surface area contributed by atoms with Crippen molar-refractivity contribution in [2.75, 3.05) is 13.1 Å². The van der Waals surface area contributed by atoms with E-state index in [2.05, 4.69) is 14.9 Å². The van der Waals surface area contributed by atoms with E-state index in [1.807, 2.05) is 12.1 Å². The molecule has 152 valence electrons. The summed E-state index contributed by atoms with van der Waals surface area (Å²) in [7, 11) is 0. The summed E-state index contributed by atoms with van der Waals surface area (Å²) in [5.74, 6) is 0.456. The normalized spacial score (nSPS) is 22.0. The summed E-state index contributed by atoms with van der Waals surface area (Å²) in [5.41, 5.74) is 1.24. The summed E-state index contributed by atoms with van der Waals surface area (Å²) in [6, 6.07) is 12.3. The highest BCUT2D eigenvalue weighted by atomic mass is 19.1. The average molecular weight is 404 g/mol. The number of aromatic amines is 1. The number of hydrogen-bond acceptors (Lipinski definition) is 5. The Kier molecular flexibility index (Phi) is 4.72. The largest absolute Gasteiger partial charge is 0.472 e. The molecule has 1 saturated heterocycles. The van der Waals surface area contributed by atoms with Crippen LogP contribution in [-0.2, 0) is 0 Å². The SMILES string of the molecule is N#Cc1ccc(OC2CN(C3CCC(c4cc5ccc(F)cc5c(=O)[nH]4)C3)C2)nc1. The molecule has 30 heavy (non-hydrogen) atoms. The third-order valence-electron chi connectivity index (χ3n) is 6.22. The average Bonchev–Trinajstić information content (AvgIpc) is 3.21. The van der Waals surface area contributed by atoms with Gasteiger partial charge in [-0.2, -0.15) is 5.26 Å². The fourth-order valence-electron chi connectivity index (χ4n) is 4.57. The van der Waals surface area contributed by atoms with E-state index in [1.54, 1.807) is 18.2 Å². The fourth-order valence-corrected chi connectivity index (χ4v) is 4.57. The van der Waals surface area contributed by atoms with Crippen molar-refractivity contribution >= 4 is 10.8 Å². The molecule has 1 saturated carbocycles. The first-order valence-electron chi connectivity index (χ1n) is 10.2. The van der Waals surface area contributed by atoms with Crippen molar-refractivity contribution < 1.29 is 9.13 Å². The molecule has 7 heteroatoms. The Hall–Kier alpha value is -3.24. The quantitative estimate of drug-likeness (QED) is 0.721. The number of pyridine rings is 2. The lowest BCUT2D eigenvalue weighted by Gasteiger charge is -2.42. The zero-order valence-corrected chi connectivity index (χ0v) is 16.3. The van der Waals surface area contributed by atoms with Gasteiger partial charge in [-0.05, 0) is 48.9 Å². The van der Waals surface area contributed by atoms with E-state index in [1.165, 1.54) is 18.3 Å². The monoisotopic (exact) mass is 404 g/mol. The molecule has 0 spiro atoms. The van der Waals surface area contributed by atoms with Crippen molar-refractivity contribution in [2.24, 2.45) is 0 Å². The van der Waals surface area contributed by atoms with Crippen LogP contribution in [0.3, 0.4) is 0 Å². The van der Waals surface area contributed by atoms with Crippen molar-refractivity contribution in [3.05, 3.63) is 70.0 Å². The number of nitrogens with zero attached hydrogens (tertiary/aromatic N) is 3. The predicted molar refractivity (Wildman–Crippen MR) is 110 cm³/mol. The molecule has 5 rings (SSSR count). The minimum Gasteiger partial charge on any atom is -0.472 e. The second-order valence-electron chi connectivity index (χ2n) is 8.14. The van der Waals surface area contributed by atoms with Gasteiger partial charge in [-0.15, -0.1) is 0 Å². The molecule has 2 aliphatic rings. The molecular formula is C23H21FN4O2. The minimum absolute atomic E-state index is 0.111. The lowest BCUT2D eigenvalue weighted by molar-refractivity contribution is -0.0100. The summed E-state index contributed by atoms with van der Waals surface area (Å²) in [6.45, 7) is 1.71. The van der Waals surface area contributed by atoms with Gasteiger partial charge in [-0.1, -0.05) is 6.07 Å². The molecule has 0 amide bonds. The standard InChI is InChI=1S/C23H21FN4O2/c24-17-4-2-15-8-21(27-23(29)20(15)9-17)16-3-5-18(7-16)28-12-19(13-28)30-22-6-1-14(10-25)11-26-22/h1-2,4,6,8-9,11,16,18-19H,3,5,7,12-13H2,(H,27,29). The van der Waals surface area contributed by atoms with Gasteiger partial charge in [0, 0.05) is 48.4 Å². The van der Waals surface area contributed by atoms with Crippen LogP contribution in [0.15, 0.2) is 47.4 Å². The minimum atomic E-state index is -0.396. The summed E-state index contributed by atoms with van der Waals surface area (Å²) in [4.78, 5) is 21.9. The molecule has 1 aliphatic carbocycles. The fraction of sp³-hybridized carbons (Fsp3) is 0.348. The Bertz CT molecular complexity index is 1180. The Labute approximate surface area is 172 Å². The molecule has 1 aromatic carbocycles. The number of nitriles is 1. The molecule has 0 bridgehead atoms. The topological polar surface area (TPSA) is 82.0 Å². The molecule has 2 unspecified atom stereocenters. The number of nitrogens with one attached hydrogen (secondary N) is 1. The van der Waals surface area contributed by atoms with E-state index in [0.717, 1.165) is 43.4 Å². The van der Waals surface area contributed by atoms with Gasteiger partial charge in [0.2, 0.25) is 5.88 Å². The third kappa shape index (κ3) is 3.55. The maximum atomic E-state index is 13.4. The number of H-pyrrole nitrogens is 1. The van der Waals surface area contributed by atoms with Crippen molar-refractivity contribution in [3.8, 4) is 11.9 Å². The molecule has 2 aromatic heterocycles. The lowest BCUT2D eigenvalue weighted by atomic mass is 9.99. The zero-order valence-electron chi connectivity index (χ0n) is 16.3. The Balaban J connectivity index is 1.20. The second-order valence-corrected chi connectivity index (χ2v) is 8.14. The zero-order chi connectivity index (χ0) is 20.7. The van der Waals surface area contributed by atoms with Crippen LogP contribution in [0.4, 0.5) is 4.39 Å². The maximum absolute atomic E-state index is 13.4. The van der Waals surface area contributed by atoms with Crippen LogP contribution in [0.1, 0.15) is 36.4 Å². The number of ether oxygens (including phenoxy) is 1. The second kappa shape index (κ2) is 7.54. The summed E-state index contributed by atoms with van der Waals surface area (Å²) >= 11 is 0. The number of halogens is 1. The molecule has 3 heterocycles. The molecule has 3 aromatic rings. The highest BCUT2D eigenvalue weighted by Crippen LogP contribution is 2.38. The van der Waals surface area contributed by atoms with Crippen molar-refractivity contribution in [1.29, 1.82) is 5.26 Å². The van der Waals surface area contributed by atoms with Crippen LogP contribution < -0.4 is 10.3 Å². The van der Waals surface area contributed by atoms with Crippen LogP contribution in [0.5, 0.6) is 5.88 Å². The van der Waals surface area contributed by atoms with Crippen molar-refractivity contribution in [2.45, 2.75) is 37.3 Å². The first kappa shape index (κ1) is 18.8. The summed E-state index contributed by atoms with van der Waals surface area (Å²) < 4.78 is 19.3. The number of likely N-dealkylation sites (tertiary alicyclic amines) is 1. The summed E-state index contributed by atoms with van der Waals surface area (Å²) in [5, 5.41) is 10.0. The van der Waals surface area contributed by atoms with E-state index < -0.39 is 5.82 Å². The Morgan fingerprint density at radius 2 is 2.07 bits per heavy atom. The summed E-state index contributed by atoms with van der Waals surface area (Å²) in [6.07, 6.45) is 4.72. The molecule has 2 atom stereocenters. The molecule has 6 nitrogen and oxygen atoms in total. The van der Waals surface area contributed by atoms with Crippen LogP contribution in [0, 0.1) is 17.1 Å². The van der Waals surface area contributed by atoms with Crippen LogP contribution in [-0.4, -0.2) is 40.1 Å². The van der Waals surface area contributed by atoms with Gasteiger partial charge in [0.1, 0.15) is 18.0 Å². The van der Waals surface area contributed by atoms with Crippen molar-refractivity contribution in [1.82, 2.24) is 14.9 Å². The highest BCUT2D eigenvalue weighted by Gasteiger charge is 2.38. The molecular weight excluding hydrogens is 383 g/mol. The number of fused-ring (bicyclic) bond motifs is 1. The molecule has 1 N–H and O–H groups in total. The van der Waals surface area contributed by atoms with Gasteiger partial charge in [0.05, 0.1) is 5.56 Å². The van der Waals surface area contributed by atoms with E-state index >= 15 is 0 Å². The first-order chi connectivity index (χ1) is 14.6. The van der Waals surface area contributed by atoms with Crippen LogP contribution in [0.2, 0.25) is 0 Å². The van der Waals surface area contributed by atoms with Gasteiger partial charge in [-0.3, -0.25) is 9.69 Å². The molecule has 0 radical (unpaired) electrons. The van der Waals surface area contributed by atoms with Gasteiger partial charge in [0.15, 0.2) is 0 Å².